The molecule has 0 radical (unpaired) electrons. The molecule has 23 heavy (non-hydrogen) atoms. The van der Waals surface area contributed by atoms with Crippen LogP contribution in [0.25, 0.3) is 0 Å². The second kappa shape index (κ2) is 8.19. The van der Waals surface area contributed by atoms with Crippen LogP contribution in [0.2, 0.25) is 0 Å². The van der Waals surface area contributed by atoms with Crippen molar-refractivity contribution in [2.24, 2.45) is 0 Å². The fourth-order valence-electron chi connectivity index (χ4n) is 1.89. The summed E-state index contributed by atoms with van der Waals surface area (Å²) in [5, 5.41) is 5.46. The molecule has 1 aromatic carbocycles. The Morgan fingerprint density at radius 2 is 2.09 bits per heavy atom. The summed E-state index contributed by atoms with van der Waals surface area (Å²) in [5.41, 5.74) is 0.237. The first-order valence-corrected chi connectivity index (χ1v) is 7.05. The molecule has 2 rings (SSSR count). The number of rotatable bonds is 7. The number of nitrogens with one attached hydrogen (secondary N) is 2. The van der Waals surface area contributed by atoms with Crippen molar-refractivity contribution in [2.75, 3.05) is 30.9 Å². The number of hydrogen-bond donors (Lipinski definition) is 2. The molecule has 0 aliphatic heterocycles. The van der Waals surface area contributed by atoms with Crippen LogP contribution in [0.5, 0.6) is 0 Å². The van der Waals surface area contributed by atoms with E-state index in [0.29, 0.717) is 30.6 Å². The van der Waals surface area contributed by atoms with Gasteiger partial charge in [0.2, 0.25) is 0 Å². The summed E-state index contributed by atoms with van der Waals surface area (Å²) >= 11 is 0. The number of halogens is 2. The van der Waals surface area contributed by atoms with E-state index in [2.05, 4.69) is 15.6 Å². The van der Waals surface area contributed by atoms with Crippen molar-refractivity contribution in [2.45, 2.75) is 6.42 Å². The molecule has 0 unspecified atom stereocenters. The largest absolute Gasteiger partial charge is 0.385 e. The van der Waals surface area contributed by atoms with E-state index in [1.54, 1.807) is 13.2 Å². The van der Waals surface area contributed by atoms with Gasteiger partial charge < -0.3 is 15.4 Å². The third kappa shape index (κ3) is 5.00. The Hall–Kier alpha value is -2.54. The quantitative estimate of drug-likeness (QED) is 0.769. The third-order valence-corrected chi connectivity index (χ3v) is 3.03. The zero-order valence-electron chi connectivity index (χ0n) is 12.6. The first kappa shape index (κ1) is 16.8. The van der Waals surface area contributed by atoms with Gasteiger partial charge in [0.05, 0.1) is 5.69 Å². The standard InChI is InChI=1S/C16H17F2N3O2/c1-23-8-2-6-19-15-9-11(5-7-20-15)16(22)21-14-4-3-12(17)10-13(14)18/h3-5,7,9-10H,2,6,8H2,1H3,(H,19,20)(H,21,22). The maximum absolute atomic E-state index is 13.6. The van der Waals surface area contributed by atoms with Gasteiger partial charge in [-0.3, -0.25) is 4.79 Å². The molecule has 0 aliphatic rings. The summed E-state index contributed by atoms with van der Waals surface area (Å²) in [6, 6.07) is 6.04. The SMILES string of the molecule is COCCCNc1cc(C(=O)Nc2ccc(F)cc2F)ccn1. The molecule has 5 nitrogen and oxygen atoms in total. The van der Waals surface area contributed by atoms with Crippen molar-refractivity contribution in [1.29, 1.82) is 0 Å². The number of hydrogen-bond acceptors (Lipinski definition) is 4. The number of pyridine rings is 1. The topological polar surface area (TPSA) is 63.2 Å². The predicted molar refractivity (Wildman–Crippen MR) is 83.5 cm³/mol. The van der Waals surface area contributed by atoms with Gasteiger partial charge in [0.15, 0.2) is 0 Å². The van der Waals surface area contributed by atoms with Gasteiger partial charge in [-0.25, -0.2) is 13.8 Å². The minimum Gasteiger partial charge on any atom is -0.385 e. The molecule has 1 amide bonds. The number of nitrogens with zero attached hydrogens (tertiary/aromatic N) is 1. The van der Waals surface area contributed by atoms with E-state index < -0.39 is 17.5 Å². The van der Waals surface area contributed by atoms with Gasteiger partial charge in [0.25, 0.3) is 5.91 Å². The van der Waals surface area contributed by atoms with Crippen molar-refractivity contribution < 1.29 is 18.3 Å². The average molecular weight is 321 g/mol. The molecule has 2 N–H and O–H groups in total. The minimum absolute atomic E-state index is 0.0807. The highest BCUT2D eigenvalue weighted by Gasteiger charge is 2.11. The molecule has 2 aromatic rings. The van der Waals surface area contributed by atoms with Gasteiger partial charge in [-0.2, -0.15) is 0 Å². The number of amides is 1. The molecular weight excluding hydrogens is 304 g/mol. The molecule has 122 valence electrons. The monoisotopic (exact) mass is 321 g/mol. The molecule has 7 heteroatoms. The lowest BCUT2D eigenvalue weighted by molar-refractivity contribution is 0.102. The Balaban J connectivity index is 2.01. The van der Waals surface area contributed by atoms with Gasteiger partial charge in [-0.05, 0) is 30.7 Å². The highest BCUT2D eigenvalue weighted by Crippen LogP contribution is 2.16. The Kier molecular flexibility index (Phi) is 5.99. The number of carbonyl (C=O) groups is 1. The second-order valence-electron chi connectivity index (χ2n) is 4.78. The zero-order chi connectivity index (χ0) is 16.7. The fourth-order valence-corrected chi connectivity index (χ4v) is 1.89. The summed E-state index contributed by atoms with van der Waals surface area (Å²) < 4.78 is 31.4. The minimum atomic E-state index is -0.828. The first-order valence-electron chi connectivity index (χ1n) is 7.05. The number of methoxy groups -OCH3 is 1. The van der Waals surface area contributed by atoms with Crippen molar-refractivity contribution >= 4 is 17.4 Å². The molecule has 0 bridgehead atoms. The summed E-state index contributed by atoms with van der Waals surface area (Å²) in [6.45, 7) is 1.27. The maximum Gasteiger partial charge on any atom is 0.255 e. The van der Waals surface area contributed by atoms with E-state index in [0.717, 1.165) is 12.5 Å². The van der Waals surface area contributed by atoms with Gasteiger partial charge in [-0.15, -0.1) is 0 Å². The maximum atomic E-state index is 13.6. The predicted octanol–water partition coefficient (Wildman–Crippen LogP) is 3.06. The van der Waals surface area contributed by atoms with Crippen molar-refractivity contribution in [3.8, 4) is 0 Å². The van der Waals surface area contributed by atoms with Crippen LogP contribution in [0.15, 0.2) is 36.5 Å². The lowest BCUT2D eigenvalue weighted by Crippen LogP contribution is -2.14. The molecule has 1 aromatic heterocycles. The highest BCUT2D eigenvalue weighted by molar-refractivity contribution is 6.04. The summed E-state index contributed by atoms with van der Waals surface area (Å²) in [4.78, 5) is 16.2. The van der Waals surface area contributed by atoms with Crippen LogP contribution in [0.3, 0.4) is 0 Å². The van der Waals surface area contributed by atoms with Crippen LogP contribution in [-0.2, 0) is 4.74 Å². The van der Waals surface area contributed by atoms with Crippen LogP contribution >= 0.6 is 0 Å². The number of ether oxygens (including phenoxy) is 1. The van der Waals surface area contributed by atoms with Gasteiger partial charge in [0.1, 0.15) is 17.5 Å². The van der Waals surface area contributed by atoms with E-state index in [1.165, 1.54) is 18.3 Å². The number of aromatic nitrogens is 1. The van der Waals surface area contributed by atoms with Gasteiger partial charge in [-0.1, -0.05) is 0 Å². The Morgan fingerprint density at radius 1 is 1.26 bits per heavy atom. The molecule has 0 saturated carbocycles. The van der Waals surface area contributed by atoms with Gasteiger partial charge in [0, 0.05) is 38.1 Å². The van der Waals surface area contributed by atoms with E-state index in [-0.39, 0.29) is 5.69 Å². The normalized spacial score (nSPS) is 10.4. The molecule has 0 fully saturated rings. The van der Waals surface area contributed by atoms with Crippen molar-refractivity contribution in [3.05, 3.63) is 53.7 Å². The highest BCUT2D eigenvalue weighted by atomic mass is 19.1. The molecule has 0 spiro atoms. The first-order chi connectivity index (χ1) is 11.1. The smallest absolute Gasteiger partial charge is 0.255 e. The lowest BCUT2D eigenvalue weighted by atomic mass is 10.2. The summed E-state index contributed by atoms with van der Waals surface area (Å²) in [5.74, 6) is -1.50. The number of benzene rings is 1. The average Bonchev–Trinajstić information content (AvgIpc) is 2.54. The van der Waals surface area contributed by atoms with Crippen LogP contribution in [0.1, 0.15) is 16.8 Å². The lowest BCUT2D eigenvalue weighted by Gasteiger charge is -2.09. The van der Waals surface area contributed by atoms with Crippen LogP contribution in [0, 0.1) is 11.6 Å². The van der Waals surface area contributed by atoms with Crippen molar-refractivity contribution in [1.82, 2.24) is 4.98 Å². The molecule has 0 aliphatic carbocycles. The second-order valence-corrected chi connectivity index (χ2v) is 4.78. The molecule has 0 atom stereocenters. The van der Waals surface area contributed by atoms with E-state index in [1.807, 2.05) is 0 Å². The molecule has 1 heterocycles. The molecule has 0 saturated heterocycles. The molecular formula is C16H17F2N3O2. The van der Waals surface area contributed by atoms with Crippen LogP contribution < -0.4 is 10.6 Å². The number of anilines is 2. The fraction of sp³-hybridized carbons (Fsp3) is 0.250. The Labute approximate surface area is 132 Å². The number of carbonyl (C=O) groups excluding carboxylic acids is 1. The van der Waals surface area contributed by atoms with Crippen molar-refractivity contribution in [3.63, 3.8) is 0 Å². The van der Waals surface area contributed by atoms with E-state index in [4.69, 9.17) is 4.74 Å². The van der Waals surface area contributed by atoms with E-state index in [9.17, 15) is 13.6 Å². The zero-order valence-corrected chi connectivity index (χ0v) is 12.6. The van der Waals surface area contributed by atoms with Crippen LogP contribution in [0.4, 0.5) is 20.3 Å². The Bertz CT molecular complexity index is 680. The Morgan fingerprint density at radius 3 is 2.83 bits per heavy atom. The van der Waals surface area contributed by atoms with E-state index >= 15 is 0 Å². The van der Waals surface area contributed by atoms with Crippen LogP contribution in [-0.4, -0.2) is 31.2 Å². The summed E-state index contributed by atoms with van der Waals surface area (Å²) in [6.07, 6.45) is 2.28. The van der Waals surface area contributed by atoms with Gasteiger partial charge >= 0.3 is 0 Å². The third-order valence-electron chi connectivity index (χ3n) is 3.03. The summed E-state index contributed by atoms with van der Waals surface area (Å²) in [7, 11) is 1.62.